The van der Waals surface area contributed by atoms with E-state index in [1.54, 1.807) is 12.1 Å². The van der Waals surface area contributed by atoms with Gasteiger partial charge in [-0.1, -0.05) is 11.6 Å². The molecule has 84 valence electrons. The van der Waals surface area contributed by atoms with Crippen LogP contribution < -0.4 is 5.06 Å². The SMILES string of the molecule is CC(=O)ON1CC(=O)c2c1ccc(Br)c2Cl. The highest BCUT2D eigenvalue weighted by molar-refractivity contribution is 9.10. The van der Waals surface area contributed by atoms with Gasteiger partial charge in [-0.25, -0.2) is 0 Å². The monoisotopic (exact) mass is 303 g/mol. The van der Waals surface area contributed by atoms with Crippen LogP contribution in [0.2, 0.25) is 5.02 Å². The van der Waals surface area contributed by atoms with E-state index in [1.165, 1.54) is 12.0 Å². The Bertz CT molecular complexity index is 489. The molecule has 0 aromatic heterocycles. The maximum absolute atomic E-state index is 11.7. The van der Waals surface area contributed by atoms with E-state index in [4.69, 9.17) is 16.4 Å². The van der Waals surface area contributed by atoms with Crippen LogP contribution in [0.1, 0.15) is 17.3 Å². The Hall–Kier alpha value is -1.07. The van der Waals surface area contributed by atoms with Gasteiger partial charge < -0.3 is 4.84 Å². The molecule has 0 atom stereocenters. The van der Waals surface area contributed by atoms with Crippen LogP contribution in [-0.4, -0.2) is 18.3 Å². The third-order valence-electron chi connectivity index (χ3n) is 2.15. The normalized spacial score (nSPS) is 13.9. The molecule has 0 aliphatic carbocycles. The molecule has 0 radical (unpaired) electrons. The van der Waals surface area contributed by atoms with E-state index in [2.05, 4.69) is 15.9 Å². The van der Waals surface area contributed by atoms with Crippen molar-refractivity contribution in [3.63, 3.8) is 0 Å². The average Bonchev–Trinajstić information content (AvgIpc) is 2.49. The van der Waals surface area contributed by atoms with Gasteiger partial charge in [0.25, 0.3) is 0 Å². The molecule has 0 bridgehead atoms. The molecule has 0 spiro atoms. The molecule has 0 saturated heterocycles. The molecule has 1 aromatic carbocycles. The number of hydrogen-bond donors (Lipinski definition) is 0. The second-order valence-corrected chi connectivity index (χ2v) is 4.53. The number of hydrogen-bond acceptors (Lipinski definition) is 4. The molecule has 0 saturated carbocycles. The Kier molecular flexibility index (Phi) is 2.90. The van der Waals surface area contributed by atoms with Crippen molar-refractivity contribution in [2.24, 2.45) is 0 Å². The summed E-state index contributed by atoms with van der Waals surface area (Å²) in [5.41, 5.74) is 0.908. The lowest BCUT2D eigenvalue weighted by Crippen LogP contribution is -2.25. The van der Waals surface area contributed by atoms with E-state index in [1.807, 2.05) is 0 Å². The number of fused-ring (bicyclic) bond motifs is 1. The van der Waals surface area contributed by atoms with Gasteiger partial charge in [-0.15, -0.1) is 0 Å². The molecule has 1 heterocycles. The van der Waals surface area contributed by atoms with Gasteiger partial charge >= 0.3 is 5.97 Å². The van der Waals surface area contributed by atoms with Crippen LogP contribution in [0.3, 0.4) is 0 Å². The predicted molar refractivity (Wildman–Crippen MR) is 62.6 cm³/mol. The minimum absolute atomic E-state index is 0.00505. The Morgan fingerprint density at radius 3 is 2.88 bits per heavy atom. The standard InChI is InChI=1S/C10H7BrClNO3/c1-5(14)16-13-4-8(15)9-7(13)3-2-6(11)10(9)12/h2-3H,4H2,1H3. The van der Waals surface area contributed by atoms with Crippen LogP contribution in [-0.2, 0) is 9.63 Å². The van der Waals surface area contributed by atoms with Crippen molar-refractivity contribution in [2.75, 3.05) is 11.6 Å². The van der Waals surface area contributed by atoms with Crippen molar-refractivity contribution in [3.05, 3.63) is 27.2 Å². The van der Waals surface area contributed by atoms with E-state index >= 15 is 0 Å². The number of anilines is 1. The molecule has 4 nitrogen and oxygen atoms in total. The first-order chi connectivity index (χ1) is 7.50. The van der Waals surface area contributed by atoms with Crippen LogP contribution in [0.5, 0.6) is 0 Å². The van der Waals surface area contributed by atoms with Crippen molar-refractivity contribution in [3.8, 4) is 0 Å². The molecule has 0 fully saturated rings. The number of nitrogens with zero attached hydrogens (tertiary/aromatic N) is 1. The van der Waals surface area contributed by atoms with Crippen molar-refractivity contribution in [2.45, 2.75) is 6.92 Å². The molecule has 0 unspecified atom stereocenters. The number of ketones is 1. The first-order valence-corrected chi connectivity index (χ1v) is 5.65. The van der Waals surface area contributed by atoms with E-state index < -0.39 is 5.97 Å². The molecule has 1 aliphatic rings. The van der Waals surface area contributed by atoms with Crippen LogP contribution in [0.25, 0.3) is 0 Å². The van der Waals surface area contributed by atoms with E-state index in [0.717, 1.165) is 0 Å². The summed E-state index contributed by atoms with van der Waals surface area (Å²) in [5, 5.41) is 1.59. The van der Waals surface area contributed by atoms with E-state index in [9.17, 15) is 9.59 Å². The smallest absolute Gasteiger partial charge is 0.329 e. The van der Waals surface area contributed by atoms with Gasteiger partial charge in [0.15, 0.2) is 5.78 Å². The summed E-state index contributed by atoms with van der Waals surface area (Å²) in [6.07, 6.45) is 0. The Labute approximate surface area is 105 Å². The molecular weight excluding hydrogens is 297 g/mol. The lowest BCUT2D eigenvalue weighted by atomic mass is 10.1. The first kappa shape index (κ1) is 11.4. The highest BCUT2D eigenvalue weighted by Gasteiger charge is 2.31. The number of carbonyl (C=O) groups excluding carboxylic acids is 2. The van der Waals surface area contributed by atoms with Crippen molar-refractivity contribution < 1.29 is 14.4 Å². The van der Waals surface area contributed by atoms with Crippen LogP contribution in [0.15, 0.2) is 16.6 Å². The fraction of sp³-hybridized carbons (Fsp3) is 0.200. The summed E-state index contributed by atoms with van der Waals surface area (Å²) >= 11 is 9.24. The molecule has 1 aromatic rings. The summed E-state index contributed by atoms with van der Waals surface area (Å²) in [6, 6.07) is 3.38. The lowest BCUT2D eigenvalue weighted by molar-refractivity contribution is -0.142. The minimum atomic E-state index is -0.473. The zero-order valence-electron chi connectivity index (χ0n) is 8.29. The van der Waals surface area contributed by atoms with Gasteiger partial charge in [-0.05, 0) is 28.1 Å². The molecule has 0 N–H and O–H groups in total. The fourth-order valence-electron chi connectivity index (χ4n) is 1.54. The maximum atomic E-state index is 11.7. The van der Waals surface area contributed by atoms with Crippen molar-refractivity contribution >= 4 is 45.0 Å². The average molecular weight is 305 g/mol. The highest BCUT2D eigenvalue weighted by Crippen LogP contribution is 2.37. The molecule has 1 aliphatic heterocycles. The van der Waals surface area contributed by atoms with Crippen LogP contribution >= 0.6 is 27.5 Å². The second-order valence-electron chi connectivity index (χ2n) is 3.30. The number of halogens is 2. The van der Waals surface area contributed by atoms with Gasteiger partial charge in [-0.2, -0.15) is 5.06 Å². The van der Waals surface area contributed by atoms with Crippen molar-refractivity contribution in [1.29, 1.82) is 0 Å². The number of rotatable bonds is 1. The zero-order valence-corrected chi connectivity index (χ0v) is 10.6. The Morgan fingerprint density at radius 2 is 2.25 bits per heavy atom. The summed E-state index contributed by atoms with van der Waals surface area (Å²) in [5.74, 6) is -0.637. The van der Waals surface area contributed by atoms with Gasteiger partial charge in [0.2, 0.25) is 0 Å². The third-order valence-corrected chi connectivity index (χ3v) is 3.43. The molecule has 16 heavy (non-hydrogen) atoms. The predicted octanol–water partition coefficient (Wildman–Crippen LogP) is 2.58. The van der Waals surface area contributed by atoms with Gasteiger partial charge in [-0.3, -0.25) is 9.59 Å². The number of hydroxylamine groups is 1. The van der Waals surface area contributed by atoms with Crippen molar-refractivity contribution in [1.82, 2.24) is 0 Å². The minimum Gasteiger partial charge on any atom is -0.341 e. The topological polar surface area (TPSA) is 46.6 Å². The van der Waals surface area contributed by atoms with Crippen LogP contribution in [0, 0.1) is 0 Å². The fourth-order valence-corrected chi connectivity index (χ4v) is 2.14. The second kappa shape index (κ2) is 4.07. The highest BCUT2D eigenvalue weighted by atomic mass is 79.9. The quantitative estimate of drug-likeness (QED) is 0.800. The maximum Gasteiger partial charge on any atom is 0.329 e. The molecule has 0 amide bonds. The summed E-state index contributed by atoms with van der Waals surface area (Å²) in [6.45, 7) is 1.29. The van der Waals surface area contributed by atoms with E-state index in [-0.39, 0.29) is 12.3 Å². The van der Waals surface area contributed by atoms with Gasteiger partial charge in [0.05, 0.1) is 16.3 Å². The summed E-state index contributed by atoms with van der Waals surface area (Å²) in [4.78, 5) is 27.4. The number of Topliss-reactive ketones (excluding diaryl/α,β-unsaturated/α-hetero) is 1. The Morgan fingerprint density at radius 1 is 1.56 bits per heavy atom. The molecular formula is C10H7BrClNO3. The summed E-state index contributed by atoms with van der Waals surface area (Å²) in [7, 11) is 0. The van der Waals surface area contributed by atoms with Gasteiger partial charge in [0, 0.05) is 11.4 Å². The molecule has 2 rings (SSSR count). The largest absolute Gasteiger partial charge is 0.341 e. The van der Waals surface area contributed by atoms with Crippen LogP contribution in [0.4, 0.5) is 5.69 Å². The van der Waals surface area contributed by atoms with E-state index in [0.29, 0.717) is 20.7 Å². The Balaban J connectivity index is 2.48. The molecule has 6 heteroatoms. The zero-order chi connectivity index (χ0) is 11.9. The number of benzene rings is 1. The third kappa shape index (κ3) is 1.81. The number of carbonyl (C=O) groups is 2. The first-order valence-electron chi connectivity index (χ1n) is 4.48. The lowest BCUT2D eigenvalue weighted by Gasteiger charge is -2.16. The van der Waals surface area contributed by atoms with Gasteiger partial charge in [0.1, 0.15) is 6.54 Å². The summed E-state index contributed by atoms with van der Waals surface area (Å²) < 4.78 is 0.644.